The molecule has 1 heterocycles. The van der Waals surface area contributed by atoms with Crippen molar-refractivity contribution in [3.8, 4) is 0 Å². The highest BCUT2D eigenvalue weighted by molar-refractivity contribution is 5.55. The lowest BCUT2D eigenvalue weighted by Crippen LogP contribution is -2.33. The van der Waals surface area contributed by atoms with Gasteiger partial charge in [0.05, 0.1) is 11.9 Å². The minimum Gasteiger partial charge on any atom is -0.393 e. The average molecular weight is 231 g/mol. The fraction of sp³-hybridized carbons (Fsp3) is 0.0909. The van der Waals surface area contributed by atoms with Gasteiger partial charge in [-0.05, 0) is 12.1 Å². The van der Waals surface area contributed by atoms with Crippen molar-refractivity contribution in [3.05, 3.63) is 46.9 Å². The molecule has 6 heteroatoms. The molecular weight excluding hydrogens is 218 g/mol. The van der Waals surface area contributed by atoms with E-state index in [-0.39, 0.29) is 11.2 Å². The number of nitrogens with zero attached hydrogens (tertiary/aromatic N) is 2. The van der Waals surface area contributed by atoms with E-state index in [0.29, 0.717) is 5.95 Å². The van der Waals surface area contributed by atoms with Crippen LogP contribution in [0.25, 0.3) is 0 Å². The molecule has 1 aromatic heterocycles. The maximum Gasteiger partial charge on any atom is 0.275 e. The maximum atomic E-state index is 11.4. The van der Waals surface area contributed by atoms with Gasteiger partial charge in [-0.25, -0.2) is 15.4 Å². The van der Waals surface area contributed by atoms with Crippen molar-refractivity contribution in [2.45, 2.75) is 0 Å². The molecule has 0 aliphatic carbocycles. The van der Waals surface area contributed by atoms with E-state index in [4.69, 9.17) is 5.73 Å². The summed E-state index contributed by atoms with van der Waals surface area (Å²) < 4.78 is 0. The Morgan fingerprint density at radius 1 is 1.35 bits per heavy atom. The summed E-state index contributed by atoms with van der Waals surface area (Å²) in [6.07, 6.45) is 1.33. The second-order valence-corrected chi connectivity index (χ2v) is 3.39. The monoisotopic (exact) mass is 231 g/mol. The van der Waals surface area contributed by atoms with Crippen LogP contribution < -0.4 is 21.7 Å². The van der Waals surface area contributed by atoms with E-state index in [2.05, 4.69) is 15.4 Å². The van der Waals surface area contributed by atoms with Gasteiger partial charge >= 0.3 is 0 Å². The molecule has 2 rings (SSSR count). The van der Waals surface area contributed by atoms with Crippen molar-refractivity contribution >= 4 is 17.3 Å². The van der Waals surface area contributed by atoms with Gasteiger partial charge in [0.2, 0.25) is 5.95 Å². The van der Waals surface area contributed by atoms with Crippen molar-refractivity contribution in [2.24, 2.45) is 0 Å². The zero-order valence-electron chi connectivity index (χ0n) is 9.34. The highest BCUT2D eigenvalue weighted by Gasteiger charge is 2.09. The first-order valence-electron chi connectivity index (χ1n) is 5.09. The number of rotatable bonds is 3. The van der Waals surface area contributed by atoms with E-state index >= 15 is 0 Å². The van der Waals surface area contributed by atoms with E-state index in [1.165, 1.54) is 6.20 Å². The summed E-state index contributed by atoms with van der Waals surface area (Å²) in [4.78, 5) is 18.1. The quantitative estimate of drug-likeness (QED) is 0.674. The first-order chi connectivity index (χ1) is 8.22. The number of aromatic nitrogens is 2. The van der Waals surface area contributed by atoms with Crippen LogP contribution in [0.5, 0.6) is 0 Å². The summed E-state index contributed by atoms with van der Waals surface area (Å²) >= 11 is 0. The van der Waals surface area contributed by atoms with Crippen LogP contribution in [0.15, 0.2) is 41.3 Å². The number of hydrazine groups is 1. The highest BCUT2D eigenvalue weighted by atomic mass is 16.1. The predicted octanol–water partition coefficient (Wildman–Crippen LogP) is 0.625. The molecule has 0 unspecified atom stereocenters. The number of para-hydroxylation sites is 1. The molecule has 2 aromatic rings. The Morgan fingerprint density at radius 2 is 2.06 bits per heavy atom. The largest absolute Gasteiger partial charge is 0.393 e. The van der Waals surface area contributed by atoms with Crippen LogP contribution in [0, 0.1) is 0 Å². The van der Waals surface area contributed by atoms with E-state index in [1.807, 2.05) is 30.3 Å². The molecule has 0 aliphatic heterocycles. The SMILES string of the molecule is CNN(c1ccccc1)c1ncc(N)c(=O)[nH]1. The molecule has 88 valence electrons. The van der Waals surface area contributed by atoms with Gasteiger partial charge in [-0.1, -0.05) is 18.2 Å². The molecule has 17 heavy (non-hydrogen) atoms. The summed E-state index contributed by atoms with van der Waals surface area (Å²) in [6.45, 7) is 0. The molecule has 0 bridgehead atoms. The number of H-pyrrole nitrogens is 1. The highest BCUT2D eigenvalue weighted by Crippen LogP contribution is 2.17. The van der Waals surface area contributed by atoms with Gasteiger partial charge in [-0.3, -0.25) is 9.78 Å². The fourth-order valence-corrected chi connectivity index (χ4v) is 1.44. The topological polar surface area (TPSA) is 87.0 Å². The Morgan fingerprint density at radius 3 is 2.65 bits per heavy atom. The second kappa shape index (κ2) is 4.67. The normalized spacial score (nSPS) is 10.2. The van der Waals surface area contributed by atoms with Gasteiger partial charge in [0.25, 0.3) is 5.56 Å². The lowest BCUT2D eigenvalue weighted by Gasteiger charge is -2.21. The van der Waals surface area contributed by atoms with Crippen molar-refractivity contribution < 1.29 is 0 Å². The van der Waals surface area contributed by atoms with Crippen LogP contribution in [-0.4, -0.2) is 17.0 Å². The standard InChI is InChI=1S/C11H13N5O/c1-13-16(8-5-3-2-4-6-8)11-14-7-9(12)10(17)15-11/h2-7,13H,12H2,1H3,(H,14,15,17). The number of hydrogen-bond acceptors (Lipinski definition) is 5. The molecule has 0 saturated carbocycles. The summed E-state index contributed by atoms with van der Waals surface area (Å²) in [6, 6.07) is 9.50. The van der Waals surface area contributed by atoms with E-state index < -0.39 is 0 Å². The van der Waals surface area contributed by atoms with Crippen LogP contribution in [0.1, 0.15) is 0 Å². The van der Waals surface area contributed by atoms with Crippen molar-refractivity contribution in [1.82, 2.24) is 15.4 Å². The lowest BCUT2D eigenvalue weighted by molar-refractivity contribution is 0.795. The molecule has 4 N–H and O–H groups in total. The van der Waals surface area contributed by atoms with Gasteiger partial charge in [-0.2, -0.15) is 0 Å². The van der Waals surface area contributed by atoms with Crippen LogP contribution in [-0.2, 0) is 0 Å². The third kappa shape index (κ3) is 2.26. The molecule has 0 spiro atoms. The number of aromatic amines is 1. The van der Waals surface area contributed by atoms with Gasteiger partial charge in [-0.15, -0.1) is 0 Å². The van der Waals surface area contributed by atoms with Crippen molar-refractivity contribution in [3.63, 3.8) is 0 Å². The molecule has 0 amide bonds. The van der Waals surface area contributed by atoms with Gasteiger partial charge in [0.1, 0.15) is 5.69 Å². The molecular formula is C11H13N5O. The minimum absolute atomic E-state index is 0.0952. The van der Waals surface area contributed by atoms with Crippen molar-refractivity contribution in [1.29, 1.82) is 0 Å². The summed E-state index contributed by atoms with van der Waals surface area (Å²) in [7, 11) is 1.74. The zero-order chi connectivity index (χ0) is 12.3. The predicted molar refractivity (Wildman–Crippen MR) is 66.9 cm³/mol. The molecule has 1 aromatic carbocycles. The molecule has 0 atom stereocenters. The summed E-state index contributed by atoms with van der Waals surface area (Å²) in [5, 5.41) is 1.65. The Balaban J connectivity index is 2.43. The van der Waals surface area contributed by atoms with Crippen LogP contribution in [0.4, 0.5) is 17.3 Å². The Labute approximate surface area is 98.1 Å². The van der Waals surface area contributed by atoms with Crippen LogP contribution in [0.3, 0.4) is 0 Å². The first kappa shape index (κ1) is 11.2. The number of nitrogens with two attached hydrogens (primary N) is 1. The van der Waals surface area contributed by atoms with Gasteiger partial charge < -0.3 is 5.73 Å². The Bertz CT molecular complexity index is 551. The number of benzene rings is 1. The number of nitrogens with one attached hydrogen (secondary N) is 2. The molecule has 0 aliphatic rings. The van der Waals surface area contributed by atoms with Crippen LogP contribution in [0.2, 0.25) is 0 Å². The zero-order valence-corrected chi connectivity index (χ0v) is 9.34. The summed E-state index contributed by atoms with van der Waals surface area (Å²) in [5.74, 6) is 0.387. The van der Waals surface area contributed by atoms with E-state index in [1.54, 1.807) is 12.1 Å². The van der Waals surface area contributed by atoms with Crippen LogP contribution >= 0.6 is 0 Å². The van der Waals surface area contributed by atoms with Gasteiger partial charge in [0.15, 0.2) is 0 Å². The fourth-order valence-electron chi connectivity index (χ4n) is 1.44. The third-order valence-corrected chi connectivity index (χ3v) is 2.26. The Hall–Kier alpha value is -2.34. The first-order valence-corrected chi connectivity index (χ1v) is 5.09. The number of hydrogen-bond donors (Lipinski definition) is 3. The lowest BCUT2D eigenvalue weighted by atomic mass is 10.3. The minimum atomic E-state index is -0.355. The smallest absolute Gasteiger partial charge is 0.275 e. The molecule has 0 fully saturated rings. The second-order valence-electron chi connectivity index (χ2n) is 3.39. The molecule has 6 nitrogen and oxygen atoms in total. The molecule has 0 saturated heterocycles. The summed E-state index contributed by atoms with van der Waals surface area (Å²) in [5.41, 5.74) is 8.97. The van der Waals surface area contributed by atoms with Crippen molar-refractivity contribution in [2.75, 3.05) is 17.8 Å². The molecule has 0 radical (unpaired) electrons. The number of nitrogen functional groups attached to an aromatic ring is 1. The third-order valence-electron chi connectivity index (χ3n) is 2.26. The van der Waals surface area contributed by atoms with E-state index in [0.717, 1.165) is 5.69 Å². The Kier molecular flexibility index (Phi) is 3.06. The van der Waals surface area contributed by atoms with Gasteiger partial charge in [0, 0.05) is 7.05 Å². The van der Waals surface area contributed by atoms with E-state index in [9.17, 15) is 4.79 Å². The average Bonchev–Trinajstić information content (AvgIpc) is 2.36. The maximum absolute atomic E-state index is 11.4. The number of anilines is 3.